The van der Waals surface area contributed by atoms with E-state index in [-0.39, 0.29) is 19.0 Å². The van der Waals surface area contributed by atoms with E-state index in [1.165, 1.54) is 71.6 Å². The Hall–Kier alpha value is -1.16. The number of aliphatic hydroxyl groups is 2. The van der Waals surface area contributed by atoms with Gasteiger partial charge in [0.05, 0.1) is 12.2 Å². The number of hydrogen-bond acceptors (Lipinski definition) is 8. The SMILES string of the molecule is CCCCCCCCCCCCCCOC[C@H](O)[C@H]1OC(=O)C(OP(=O)(O)O)=C1OCC(C)(C)O. The second kappa shape index (κ2) is 16.6. The molecular formula is C24H45O10P. The van der Waals surface area contributed by atoms with Crippen molar-refractivity contribution in [2.45, 2.75) is 116 Å². The average molecular weight is 525 g/mol. The van der Waals surface area contributed by atoms with Crippen LogP contribution in [0.25, 0.3) is 0 Å². The predicted molar refractivity (Wildman–Crippen MR) is 130 cm³/mol. The molecule has 1 aliphatic rings. The van der Waals surface area contributed by atoms with E-state index in [1.807, 2.05) is 0 Å². The molecule has 0 aliphatic carbocycles. The minimum Gasteiger partial charge on any atom is -0.487 e. The van der Waals surface area contributed by atoms with Crippen LogP contribution in [0.15, 0.2) is 11.5 Å². The molecule has 35 heavy (non-hydrogen) atoms. The van der Waals surface area contributed by atoms with Crippen LogP contribution in [0.4, 0.5) is 0 Å². The third-order valence-corrected chi connectivity index (χ3v) is 5.89. The van der Waals surface area contributed by atoms with Crippen molar-refractivity contribution in [3.05, 3.63) is 11.5 Å². The van der Waals surface area contributed by atoms with E-state index < -0.39 is 37.4 Å². The number of aliphatic hydroxyl groups excluding tert-OH is 1. The molecule has 0 amide bonds. The molecule has 2 atom stereocenters. The van der Waals surface area contributed by atoms with Crippen LogP contribution in [-0.4, -0.2) is 63.6 Å². The van der Waals surface area contributed by atoms with Crippen LogP contribution >= 0.6 is 7.82 Å². The van der Waals surface area contributed by atoms with Crippen molar-refractivity contribution < 1.29 is 48.1 Å². The summed E-state index contributed by atoms with van der Waals surface area (Å²) in [5, 5.41) is 20.3. The summed E-state index contributed by atoms with van der Waals surface area (Å²) >= 11 is 0. The Labute approximate surface area is 209 Å². The Morgan fingerprint density at radius 3 is 1.97 bits per heavy atom. The van der Waals surface area contributed by atoms with Crippen molar-refractivity contribution in [3.63, 3.8) is 0 Å². The number of phosphoric ester groups is 1. The standard InChI is InChI=1S/C24H45O10P/c1-4-5-6-7-8-9-10-11-12-13-14-15-16-31-17-19(25)20-21(32-18-24(2,3)27)22(23(26)33-20)34-35(28,29)30/h19-20,25,27H,4-18H2,1-3H3,(H2,28,29,30)/t19-,20+/m0/s1. The van der Waals surface area contributed by atoms with Crippen LogP contribution in [0.3, 0.4) is 0 Å². The highest BCUT2D eigenvalue weighted by Gasteiger charge is 2.44. The van der Waals surface area contributed by atoms with E-state index in [0.717, 1.165) is 19.3 Å². The van der Waals surface area contributed by atoms with E-state index in [0.29, 0.717) is 6.61 Å². The van der Waals surface area contributed by atoms with Crippen LogP contribution < -0.4 is 0 Å². The summed E-state index contributed by atoms with van der Waals surface area (Å²) in [5.74, 6) is -2.39. The summed E-state index contributed by atoms with van der Waals surface area (Å²) in [6.45, 7) is 5.04. The number of unbranched alkanes of at least 4 members (excludes halogenated alkanes) is 11. The lowest BCUT2D eigenvalue weighted by Gasteiger charge is -2.23. The minimum absolute atomic E-state index is 0.172. The highest BCUT2D eigenvalue weighted by Crippen LogP contribution is 2.43. The number of carbonyl (C=O) groups excluding carboxylic acids is 1. The number of rotatable bonds is 21. The first-order valence-electron chi connectivity index (χ1n) is 12.8. The second-order valence-electron chi connectivity index (χ2n) is 9.73. The smallest absolute Gasteiger partial charge is 0.487 e. The lowest BCUT2D eigenvalue weighted by atomic mass is 10.1. The fourth-order valence-electron chi connectivity index (χ4n) is 3.65. The summed E-state index contributed by atoms with van der Waals surface area (Å²) in [6.07, 6.45) is 12.0. The van der Waals surface area contributed by atoms with Crippen molar-refractivity contribution in [3.8, 4) is 0 Å². The zero-order valence-corrected chi connectivity index (χ0v) is 22.3. The van der Waals surface area contributed by atoms with Crippen LogP contribution in [0, 0.1) is 0 Å². The van der Waals surface area contributed by atoms with Gasteiger partial charge in [0.2, 0.25) is 0 Å². The maximum Gasteiger partial charge on any atom is 0.525 e. The van der Waals surface area contributed by atoms with Gasteiger partial charge in [-0.15, -0.1) is 0 Å². The Bertz CT molecular complexity index is 682. The Morgan fingerprint density at radius 1 is 0.971 bits per heavy atom. The maximum absolute atomic E-state index is 12.1. The molecule has 0 saturated carbocycles. The molecule has 0 unspecified atom stereocenters. The average Bonchev–Trinajstić information content (AvgIpc) is 3.05. The zero-order valence-electron chi connectivity index (χ0n) is 21.4. The van der Waals surface area contributed by atoms with Crippen molar-refractivity contribution in [2.24, 2.45) is 0 Å². The molecule has 4 N–H and O–H groups in total. The van der Waals surface area contributed by atoms with E-state index >= 15 is 0 Å². The molecule has 0 aromatic heterocycles. The quantitative estimate of drug-likeness (QED) is 0.0981. The molecule has 10 nitrogen and oxygen atoms in total. The van der Waals surface area contributed by atoms with Crippen molar-refractivity contribution >= 4 is 13.8 Å². The molecule has 1 heterocycles. The summed E-state index contributed by atoms with van der Waals surface area (Å²) < 4.78 is 31.5. The molecule has 0 fully saturated rings. The number of ether oxygens (including phenoxy) is 3. The van der Waals surface area contributed by atoms with Gasteiger partial charge >= 0.3 is 13.8 Å². The molecular weight excluding hydrogens is 479 g/mol. The number of esters is 1. The molecule has 206 valence electrons. The molecule has 0 radical (unpaired) electrons. The van der Waals surface area contributed by atoms with Gasteiger partial charge in [0.15, 0.2) is 11.9 Å². The van der Waals surface area contributed by atoms with Gasteiger partial charge in [-0.1, -0.05) is 77.6 Å². The summed E-state index contributed by atoms with van der Waals surface area (Å²) in [4.78, 5) is 30.2. The number of cyclic esters (lactones) is 1. The Kier molecular flexibility index (Phi) is 15.1. The van der Waals surface area contributed by atoms with Crippen molar-refractivity contribution in [2.75, 3.05) is 19.8 Å². The third kappa shape index (κ3) is 14.9. The van der Waals surface area contributed by atoms with Crippen molar-refractivity contribution in [1.29, 1.82) is 0 Å². The van der Waals surface area contributed by atoms with Crippen LogP contribution in [0.5, 0.6) is 0 Å². The lowest BCUT2D eigenvalue weighted by Crippen LogP contribution is -2.35. The number of carbonyl (C=O) groups is 1. The van der Waals surface area contributed by atoms with Gasteiger partial charge in [-0.05, 0) is 20.3 Å². The Balaban J connectivity index is 2.32. The predicted octanol–water partition coefficient (Wildman–Crippen LogP) is 4.10. The molecule has 0 aromatic rings. The van der Waals surface area contributed by atoms with Gasteiger partial charge in [0.25, 0.3) is 5.76 Å². The van der Waals surface area contributed by atoms with Crippen LogP contribution in [-0.2, 0) is 28.1 Å². The van der Waals surface area contributed by atoms with Gasteiger partial charge in [0.1, 0.15) is 12.7 Å². The van der Waals surface area contributed by atoms with E-state index in [1.54, 1.807) is 0 Å². The first-order valence-corrected chi connectivity index (χ1v) is 14.3. The first kappa shape index (κ1) is 31.9. The van der Waals surface area contributed by atoms with Gasteiger partial charge in [-0.25, -0.2) is 9.36 Å². The lowest BCUT2D eigenvalue weighted by molar-refractivity contribution is -0.149. The van der Waals surface area contributed by atoms with E-state index in [2.05, 4.69) is 11.4 Å². The fourth-order valence-corrected chi connectivity index (χ4v) is 4.05. The minimum atomic E-state index is -5.08. The molecule has 0 aromatic carbocycles. The number of phosphoric acid groups is 1. The molecule has 0 saturated heterocycles. The second-order valence-corrected chi connectivity index (χ2v) is 10.9. The normalized spacial score (nSPS) is 17.6. The fraction of sp³-hybridized carbons (Fsp3) is 0.875. The van der Waals surface area contributed by atoms with Gasteiger partial charge < -0.3 is 28.9 Å². The summed E-state index contributed by atoms with van der Waals surface area (Å²) in [7, 11) is -5.08. The topological polar surface area (TPSA) is 152 Å². The van der Waals surface area contributed by atoms with Gasteiger partial charge in [-0.2, -0.15) is 0 Å². The highest BCUT2D eigenvalue weighted by atomic mass is 31.2. The zero-order chi connectivity index (χ0) is 26.3. The number of hydrogen-bond donors (Lipinski definition) is 4. The largest absolute Gasteiger partial charge is 0.525 e. The van der Waals surface area contributed by atoms with E-state index in [4.69, 9.17) is 24.0 Å². The Morgan fingerprint density at radius 2 is 1.49 bits per heavy atom. The monoisotopic (exact) mass is 524 g/mol. The summed E-state index contributed by atoms with van der Waals surface area (Å²) in [5.41, 5.74) is -1.31. The van der Waals surface area contributed by atoms with Crippen LogP contribution in [0.1, 0.15) is 97.8 Å². The molecule has 0 spiro atoms. The van der Waals surface area contributed by atoms with Crippen molar-refractivity contribution in [1.82, 2.24) is 0 Å². The summed E-state index contributed by atoms with van der Waals surface area (Å²) in [6, 6.07) is 0. The maximum atomic E-state index is 12.1. The highest BCUT2D eigenvalue weighted by molar-refractivity contribution is 7.46. The molecule has 11 heteroatoms. The van der Waals surface area contributed by atoms with Crippen LogP contribution in [0.2, 0.25) is 0 Å². The van der Waals surface area contributed by atoms with Gasteiger partial charge in [-0.3, -0.25) is 9.79 Å². The van der Waals surface area contributed by atoms with E-state index in [9.17, 15) is 19.6 Å². The third-order valence-electron chi connectivity index (χ3n) is 5.47. The molecule has 0 bridgehead atoms. The first-order chi connectivity index (χ1) is 16.4. The molecule has 1 aliphatic heterocycles. The van der Waals surface area contributed by atoms with Gasteiger partial charge in [0, 0.05) is 6.61 Å². The molecule has 1 rings (SSSR count).